The minimum Gasteiger partial charge on any atom is -0.338 e. The number of hydrogen-bond acceptors (Lipinski definition) is 2. The van der Waals surface area contributed by atoms with Crippen molar-refractivity contribution < 1.29 is 9.18 Å². The molecule has 1 saturated heterocycles. The van der Waals surface area contributed by atoms with Crippen molar-refractivity contribution in [2.75, 3.05) is 13.1 Å². The topological polar surface area (TPSA) is 46.3 Å². The van der Waals surface area contributed by atoms with E-state index in [1.54, 1.807) is 4.90 Å². The predicted molar refractivity (Wildman–Crippen MR) is 83.4 cm³/mol. The maximum atomic E-state index is 13.8. The van der Waals surface area contributed by atoms with Crippen LogP contribution in [0.3, 0.4) is 0 Å². The average molecular weight is 333 g/mol. The maximum absolute atomic E-state index is 13.8. The van der Waals surface area contributed by atoms with Crippen molar-refractivity contribution in [3.63, 3.8) is 0 Å². The van der Waals surface area contributed by atoms with E-state index in [9.17, 15) is 9.18 Å². The van der Waals surface area contributed by atoms with Crippen LogP contribution in [0.1, 0.15) is 29.6 Å². The molecule has 1 aromatic rings. The van der Waals surface area contributed by atoms with Gasteiger partial charge in [0.1, 0.15) is 5.82 Å². The van der Waals surface area contributed by atoms with E-state index in [0.29, 0.717) is 29.9 Å². The lowest BCUT2D eigenvalue weighted by molar-refractivity contribution is 0.0779. The van der Waals surface area contributed by atoms with E-state index in [4.69, 9.17) is 17.3 Å². The molecule has 2 fully saturated rings. The number of nitrogens with two attached hydrogens (primary N) is 1. The summed E-state index contributed by atoms with van der Waals surface area (Å²) in [6, 6.07) is 4.26. The molecule has 1 aliphatic heterocycles. The van der Waals surface area contributed by atoms with Crippen LogP contribution in [-0.4, -0.2) is 29.9 Å². The van der Waals surface area contributed by atoms with E-state index in [1.807, 2.05) is 0 Å². The molecule has 21 heavy (non-hydrogen) atoms. The summed E-state index contributed by atoms with van der Waals surface area (Å²) in [5.41, 5.74) is 6.20. The molecular weight excluding hydrogens is 314 g/mol. The minimum absolute atomic E-state index is 0. The van der Waals surface area contributed by atoms with Gasteiger partial charge in [-0.3, -0.25) is 4.79 Å². The molecule has 1 amide bonds. The number of hydrogen-bond donors (Lipinski definition) is 1. The van der Waals surface area contributed by atoms with Gasteiger partial charge in [0.05, 0.1) is 5.56 Å². The number of carbonyl (C=O) groups is 1. The van der Waals surface area contributed by atoms with Crippen molar-refractivity contribution in [1.82, 2.24) is 4.90 Å². The third kappa shape index (κ3) is 3.17. The monoisotopic (exact) mass is 332 g/mol. The lowest BCUT2D eigenvalue weighted by atomic mass is 9.78. The summed E-state index contributed by atoms with van der Waals surface area (Å²) in [6.45, 7) is 1.32. The quantitative estimate of drug-likeness (QED) is 0.858. The van der Waals surface area contributed by atoms with Gasteiger partial charge in [0.15, 0.2) is 0 Å². The van der Waals surface area contributed by atoms with Crippen LogP contribution in [0.15, 0.2) is 18.2 Å². The van der Waals surface area contributed by atoms with Gasteiger partial charge >= 0.3 is 0 Å². The third-order valence-corrected chi connectivity index (χ3v) is 4.84. The Hall–Kier alpha value is -0.840. The summed E-state index contributed by atoms with van der Waals surface area (Å²) >= 11 is 5.86. The zero-order chi connectivity index (χ0) is 14.3. The van der Waals surface area contributed by atoms with E-state index < -0.39 is 5.82 Å². The Morgan fingerprint density at radius 3 is 2.81 bits per heavy atom. The predicted octanol–water partition coefficient (Wildman–Crippen LogP) is 3.10. The number of likely N-dealkylation sites (tertiary alicyclic amines) is 1. The number of benzene rings is 1. The fourth-order valence-electron chi connectivity index (χ4n) is 3.51. The number of amides is 1. The molecule has 0 bridgehead atoms. The number of rotatable bonds is 1. The van der Waals surface area contributed by atoms with Gasteiger partial charge in [-0.15, -0.1) is 12.4 Å². The second-order valence-electron chi connectivity index (χ2n) is 5.85. The van der Waals surface area contributed by atoms with E-state index in [-0.39, 0.29) is 29.9 Å². The van der Waals surface area contributed by atoms with Crippen molar-refractivity contribution >= 4 is 29.9 Å². The van der Waals surface area contributed by atoms with Crippen LogP contribution in [0.5, 0.6) is 0 Å². The summed E-state index contributed by atoms with van der Waals surface area (Å²) in [5.74, 6) is 0.0325. The van der Waals surface area contributed by atoms with Gasteiger partial charge in [-0.25, -0.2) is 4.39 Å². The molecule has 0 radical (unpaired) electrons. The second kappa shape index (κ2) is 6.51. The first-order valence-corrected chi connectivity index (χ1v) is 7.44. The van der Waals surface area contributed by atoms with E-state index in [2.05, 4.69) is 0 Å². The lowest BCUT2D eigenvalue weighted by Gasteiger charge is -2.29. The van der Waals surface area contributed by atoms with Crippen LogP contribution in [0.4, 0.5) is 4.39 Å². The molecule has 1 aliphatic carbocycles. The fourth-order valence-corrected chi connectivity index (χ4v) is 3.69. The van der Waals surface area contributed by atoms with Crippen molar-refractivity contribution in [1.29, 1.82) is 0 Å². The zero-order valence-corrected chi connectivity index (χ0v) is 13.2. The molecular formula is C15H19Cl2FN2O. The van der Waals surface area contributed by atoms with Crippen molar-refractivity contribution in [3.8, 4) is 0 Å². The first-order valence-electron chi connectivity index (χ1n) is 7.06. The van der Waals surface area contributed by atoms with Gasteiger partial charge in [-0.1, -0.05) is 18.0 Å². The molecule has 0 spiro atoms. The highest BCUT2D eigenvalue weighted by Gasteiger charge is 2.40. The Bertz CT molecular complexity index is 540. The van der Waals surface area contributed by atoms with Crippen LogP contribution >= 0.6 is 24.0 Å². The fraction of sp³-hybridized carbons (Fsp3) is 0.533. The first kappa shape index (κ1) is 16.5. The molecule has 3 unspecified atom stereocenters. The van der Waals surface area contributed by atoms with Gasteiger partial charge in [-0.05, 0) is 42.9 Å². The molecule has 1 saturated carbocycles. The van der Waals surface area contributed by atoms with Gasteiger partial charge in [0.25, 0.3) is 5.91 Å². The molecule has 2 aliphatic rings. The Kier molecular flexibility index (Phi) is 5.12. The highest BCUT2D eigenvalue weighted by molar-refractivity contribution is 6.31. The number of fused-ring (bicyclic) bond motifs is 1. The van der Waals surface area contributed by atoms with E-state index >= 15 is 0 Å². The molecule has 1 aromatic carbocycles. The Morgan fingerprint density at radius 1 is 1.33 bits per heavy atom. The molecule has 3 atom stereocenters. The van der Waals surface area contributed by atoms with E-state index in [0.717, 1.165) is 19.3 Å². The molecule has 3 rings (SSSR count). The molecule has 6 heteroatoms. The summed E-state index contributed by atoms with van der Waals surface area (Å²) in [7, 11) is 0. The van der Waals surface area contributed by atoms with Crippen molar-refractivity contribution in [3.05, 3.63) is 34.6 Å². The average Bonchev–Trinajstić information content (AvgIpc) is 2.86. The first-order chi connectivity index (χ1) is 9.56. The summed E-state index contributed by atoms with van der Waals surface area (Å²) in [6.07, 6.45) is 3.25. The minimum atomic E-state index is -0.515. The Labute approximate surface area is 135 Å². The summed E-state index contributed by atoms with van der Waals surface area (Å²) < 4.78 is 13.8. The Balaban J connectivity index is 0.00000161. The number of nitrogens with zero attached hydrogens (tertiary/aromatic N) is 1. The Morgan fingerprint density at radius 2 is 2.10 bits per heavy atom. The van der Waals surface area contributed by atoms with Crippen LogP contribution < -0.4 is 5.73 Å². The number of halogens is 3. The van der Waals surface area contributed by atoms with E-state index in [1.165, 1.54) is 18.2 Å². The smallest absolute Gasteiger partial charge is 0.256 e. The van der Waals surface area contributed by atoms with Gasteiger partial charge in [0, 0.05) is 24.2 Å². The summed E-state index contributed by atoms with van der Waals surface area (Å²) in [5, 5.41) is 0.378. The summed E-state index contributed by atoms with van der Waals surface area (Å²) in [4.78, 5) is 14.2. The standard InChI is InChI=1S/C15H18ClFN2O.ClH/c16-10-4-5-13(17)11(6-10)15(20)19-7-9-2-1-3-14(18)12(9)8-19;/h4-6,9,12,14H,1-3,7-8,18H2;1H. The molecule has 116 valence electrons. The highest BCUT2D eigenvalue weighted by atomic mass is 35.5. The largest absolute Gasteiger partial charge is 0.338 e. The van der Waals surface area contributed by atoms with Crippen molar-refractivity contribution in [2.45, 2.75) is 25.3 Å². The van der Waals surface area contributed by atoms with Gasteiger partial charge in [0.2, 0.25) is 0 Å². The lowest BCUT2D eigenvalue weighted by Crippen LogP contribution is -2.38. The van der Waals surface area contributed by atoms with Crippen LogP contribution in [0, 0.1) is 17.7 Å². The van der Waals surface area contributed by atoms with Crippen LogP contribution in [0.2, 0.25) is 5.02 Å². The normalized spacial score (nSPS) is 28.0. The van der Waals surface area contributed by atoms with Crippen molar-refractivity contribution in [2.24, 2.45) is 17.6 Å². The van der Waals surface area contributed by atoms with Crippen LogP contribution in [-0.2, 0) is 0 Å². The van der Waals surface area contributed by atoms with Gasteiger partial charge < -0.3 is 10.6 Å². The van der Waals surface area contributed by atoms with Gasteiger partial charge in [-0.2, -0.15) is 0 Å². The third-order valence-electron chi connectivity index (χ3n) is 4.60. The maximum Gasteiger partial charge on any atom is 0.256 e. The molecule has 3 nitrogen and oxygen atoms in total. The SMILES string of the molecule is Cl.NC1CCCC2CN(C(=O)c3cc(Cl)ccc3F)CC12. The van der Waals surface area contributed by atoms with Crippen LogP contribution in [0.25, 0.3) is 0 Å². The molecule has 1 heterocycles. The number of carbonyl (C=O) groups excluding carboxylic acids is 1. The second-order valence-corrected chi connectivity index (χ2v) is 6.29. The molecule has 0 aromatic heterocycles. The molecule has 2 N–H and O–H groups in total. The zero-order valence-electron chi connectivity index (χ0n) is 11.6. The highest BCUT2D eigenvalue weighted by Crippen LogP contribution is 2.36.